The summed E-state index contributed by atoms with van der Waals surface area (Å²) in [4.78, 5) is 28.3. The van der Waals surface area contributed by atoms with Crippen molar-refractivity contribution >= 4 is 17.8 Å². The van der Waals surface area contributed by atoms with E-state index in [2.05, 4.69) is 17.2 Å². The number of likely N-dealkylation sites (tertiary alicyclic amines) is 2. The normalized spacial score (nSPS) is 17.6. The van der Waals surface area contributed by atoms with Crippen LogP contribution in [0.15, 0.2) is 24.3 Å². The molecule has 3 amide bonds. The number of hydrogen-bond acceptors (Lipinski definition) is 4. The first-order valence-corrected chi connectivity index (χ1v) is 9.57. The van der Waals surface area contributed by atoms with Gasteiger partial charge in [0.25, 0.3) is 0 Å². The van der Waals surface area contributed by atoms with E-state index in [0.717, 1.165) is 19.3 Å². The third kappa shape index (κ3) is 4.50. The zero-order chi connectivity index (χ0) is 20.0. The molecular formula is C21H27N3O4. The van der Waals surface area contributed by atoms with Gasteiger partial charge in [0.2, 0.25) is 0 Å². The molecule has 0 saturated carbocycles. The molecule has 0 radical (unpaired) electrons. The Labute approximate surface area is 166 Å². The van der Waals surface area contributed by atoms with Gasteiger partial charge in [-0.15, -0.1) is 5.92 Å². The highest BCUT2D eigenvalue weighted by Gasteiger charge is 2.43. The molecule has 0 aliphatic carbocycles. The van der Waals surface area contributed by atoms with Crippen LogP contribution in [0.2, 0.25) is 0 Å². The first-order valence-electron chi connectivity index (χ1n) is 9.57. The Morgan fingerprint density at radius 1 is 1.14 bits per heavy atom. The molecule has 2 fully saturated rings. The molecule has 28 heavy (non-hydrogen) atoms. The quantitative estimate of drug-likeness (QED) is 0.812. The van der Waals surface area contributed by atoms with Gasteiger partial charge in [-0.3, -0.25) is 0 Å². The van der Waals surface area contributed by atoms with Crippen LogP contribution in [0.1, 0.15) is 26.2 Å². The highest BCUT2D eigenvalue weighted by molar-refractivity contribution is 5.91. The number of urea groups is 1. The summed E-state index contributed by atoms with van der Waals surface area (Å²) in [6.07, 6.45) is 2.41. The number of methoxy groups -OCH3 is 1. The van der Waals surface area contributed by atoms with Gasteiger partial charge in [-0.25, -0.2) is 9.59 Å². The molecule has 150 valence electrons. The fourth-order valence-electron chi connectivity index (χ4n) is 3.89. The molecule has 0 atom stereocenters. The van der Waals surface area contributed by atoms with Gasteiger partial charge in [0.1, 0.15) is 5.75 Å². The first-order chi connectivity index (χ1) is 13.6. The van der Waals surface area contributed by atoms with E-state index in [-0.39, 0.29) is 24.1 Å². The second-order valence-electron chi connectivity index (χ2n) is 7.27. The summed E-state index contributed by atoms with van der Waals surface area (Å²) < 4.78 is 10.5. The van der Waals surface area contributed by atoms with Crippen molar-refractivity contribution in [2.45, 2.75) is 26.2 Å². The maximum atomic E-state index is 12.6. The predicted octanol–water partition coefficient (Wildman–Crippen LogP) is 3.17. The van der Waals surface area contributed by atoms with Gasteiger partial charge < -0.3 is 24.6 Å². The van der Waals surface area contributed by atoms with Gasteiger partial charge in [0.05, 0.1) is 12.8 Å². The van der Waals surface area contributed by atoms with Gasteiger partial charge in [0.15, 0.2) is 6.61 Å². The lowest BCUT2D eigenvalue weighted by atomic mass is 9.78. The van der Waals surface area contributed by atoms with Crippen LogP contribution in [0.3, 0.4) is 0 Å². The smallest absolute Gasteiger partial charge is 0.410 e. The number of nitrogens with one attached hydrogen (secondary N) is 1. The molecule has 0 unspecified atom stereocenters. The van der Waals surface area contributed by atoms with E-state index in [1.807, 2.05) is 29.2 Å². The second-order valence-corrected chi connectivity index (χ2v) is 7.27. The summed E-state index contributed by atoms with van der Waals surface area (Å²) in [6.45, 7) is 4.59. The van der Waals surface area contributed by atoms with E-state index in [4.69, 9.17) is 9.47 Å². The Morgan fingerprint density at radius 2 is 1.82 bits per heavy atom. The third-order valence-electron chi connectivity index (χ3n) is 5.60. The molecule has 0 bridgehead atoms. The number of para-hydroxylation sites is 2. The van der Waals surface area contributed by atoms with E-state index in [1.165, 1.54) is 0 Å². The van der Waals surface area contributed by atoms with Crippen LogP contribution < -0.4 is 10.1 Å². The van der Waals surface area contributed by atoms with Crippen molar-refractivity contribution in [3.63, 3.8) is 0 Å². The van der Waals surface area contributed by atoms with Crippen molar-refractivity contribution in [3.05, 3.63) is 24.3 Å². The Kier molecular flexibility index (Phi) is 6.30. The number of benzene rings is 1. The lowest BCUT2D eigenvalue weighted by Gasteiger charge is -2.39. The molecule has 1 spiro atoms. The molecule has 1 aromatic carbocycles. The predicted molar refractivity (Wildman–Crippen MR) is 106 cm³/mol. The molecule has 3 rings (SSSR count). The average Bonchev–Trinajstić information content (AvgIpc) is 3.12. The lowest BCUT2D eigenvalue weighted by Crippen LogP contribution is -2.46. The summed E-state index contributed by atoms with van der Waals surface area (Å²) in [5, 5.41) is 2.93. The lowest BCUT2D eigenvalue weighted by molar-refractivity contribution is 0.102. The van der Waals surface area contributed by atoms with E-state index >= 15 is 0 Å². The number of anilines is 1. The minimum Gasteiger partial charge on any atom is -0.495 e. The number of amides is 3. The largest absolute Gasteiger partial charge is 0.495 e. The van der Waals surface area contributed by atoms with Gasteiger partial charge in [-0.1, -0.05) is 18.1 Å². The zero-order valence-corrected chi connectivity index (χ0v) is 16.5. The molecule has 1 aromatic rings. The Balaban J connectivity index is 1.51. The Hall–Kier alpha value is -2.88. The van der Waals surface area contributed by atoms with Crippen molar-refractivity contribution in [3.8, 4) is 17.6 Å². The van der Waals surface area contributed by atoms with E-state index < -0.39 is 0 Å². The summed E-state index contributed by atoms with van der Waals surface area (Å²) in [7, 11) is 1.58. The monoisotopic (exact) mass is 385 g/mol. The molecule has 7 nitrogen and oxygen atoms in total. The molecule has 2 aliphatic heterocycles. The maximum Gasteiger partial charge on any atom is 0.410 e. The molecular weight excluding hydrogens is 358 g/mol. The van der Waals surface area contributed by atoms with Gasteiger partial charge in [0, 0.05) is 26.2 Å². The number of hydrogen-bond donors (Lipinski definition) is 1. The minimum atomic E-state index is -0.295. The minimum absolute atomic E-state index is 0.0800. The van der Waals surface area contributed by atoms with Crippen LogP contribution in [0, 0.1) is 17.3 Å². The maximum absolute atomic E-state index is 12.6. The van der Waals surface area contributed by atoms with Gasteiger partial charge in [-0.2, -0.15) is 0 Å². The molecule has 1 N–H and O–H groups in total. The fraction of sp³-hybridized carbons (Fsp3) is 0.524. The summed E-state index contributed by atoms with van der Waals surface area (Å²) in [5.41, 5.74) is 0.747. The van der Waals surface area contributed by atoms with Crippen LogP contribution in [0.5, 0.6) is 5.75 Å². The summed E-state index contributed by atoms with van der Waals surface area (Å²) >= 11 is 0. The van der Waals surface area contributed by atoms with Crippen LogP contribution in [-0.2, 0) is 4.74 Å². The van der Waals surface area contributed by atoms with E-state index in [1.54, 1.807) is 18.9 Å². The summed E-state index contributed by atoms with van der Waals surface area (Å²) in [6, 6.07) is 7.25. The first kappa shape index (κ1) is 19.9. The average molecular weight is 385 g/mol. The standard InChI is InChI=1S/C21H27N3O4/c1-3-4-15-28-20(26)24-14-11-21(16-24)9-12-23(13-10-21)19(25)22-17-7-5-6-8-18(17)27-2/h5-8H,9-16H2,1-2H3,(H,22,25). The number of carbonyl (C=O) groups excluding carboxylic acids is 2. The molecule has 0 aromatic heterocycles. The van der Waals surface area contributed by atoms with Crippen LogP contribution in [0.4, 0.5) is 15.3 Å². The van der Waals surface area contributed by atoms with Crippen LogP contribution in [0.25, 0.3) is 0 Å². The SMILES string of the molecule is CC#CCOC(=O)N1CCC2(CCN(C(=O)Nc3ccccc3OC)CC2)C1. The van der Waals surface area contributed by atoms with E-state index in [0.29, 0.717) is 37.6 Å². The second kappa shape index (κ2) is 8.87. The highest BCUT2D eigenvalue weighted by atomic mass is 16.6. The van der Waals surface area contributed by atoms with E-state index in [9.17, 15) is 9.59 Å². The van der Waals surface area contributed by atoms with Crippen molar-refractivity contribution in [2.75, 3.05) is 45.2 Å². The number of piperidine rings is 1. The number of rotatable bonds is 3. The van der Waals surface area contributed by atoms with Crippen molar-refractivity contribution in [2.24, 2.45) is 5.41 Å². The van der Waals surface area contributed by atoms with Crippen LogP contribution in [-0.4, -0.2) is 61.8 Å². The van der Waals surface area contributed by atoms with Gasteiger partial charge >= 0.3 is 12.1 Å². The molecule has 2 saturated heterocycles. The van der Waals surface area contributed by atoms with Gasteiger partial charge in [-0.05, 0) is 43.7 Å². The van der Waals surface area contributed by atoms with Crippen molar-refractivity contribution in [1.29, 1.82) is 0 Å². The fourth-order valence-corrected chi connectivity index (χ4v) is 3.89. The summed E-state index contributed by atoms with van der Waals surface area (Å²) in [5.74, 6) is 6.09. The van der Waals surface area contributed by atoms with Crippen LogP contribution >= 0.6 is 0 Å². The topological polar surface area (TPSA) is 71.1 Å². The van der Waals surface area contributed by atoms with Crippen molar-refractivity contribution in [1.82, 2.24) is 9.80 Å². The molecule has 2 aliphatic rings. The third-order valence-corrected chi connectivity index (χ3v) is 5.60. The molecule has 7 heteroatoms. The zero-order valence-electron chi connectivity index (χ0n) is 16.5. The van der Waals surface area contributed by atoms with Crippen molar-refractivity contribution < 1.29 is 19.1 Å². The highest BCUT2D eigenvalue weighted by Crippen LogP contribution is 2.40. The number of nitrogens with zero attached hydrogens (tertiary/aromatic N) is 2. The number of ether oxygens (including phenoxy) is 2. The molecule has 2 heterocycles. The number of carbonyl (C=O) groups is 2. The Bertz CT molecular complexity index is 775. The Morgan fingerprint density at radius 3 is 2.50 bits per heavy atom.